The van der Waals surface area contributed by atoms with Crippen LogP contribution >= 0.6 is 15.6 Å². The molecule has 0 saturated heterocycles. The van der Waals surface area contributed by atoms with Gasteiger partial charge < -0.3 is 33.8 Å². The summed E-state index contributed by atoms with van der Waals surface area (Å²) in [5.74, 6) is 0.117. The SMILES string of the molecule is CCCCCCCCCCCC(=O)OC[C@H](COP(=O)(O)OC[C@H](O)COP(=O)(O)OC[C@@H](COC(=O)CCCCCCCCCCCCCCCC(C)C)OC(=O)CCCCCCCCCCCCCCCC(C)C)OC(=O)CCCCCCCCC(C)C. The van der Waals surface area contributed by atoms with E-state index in [2.05, 4.69) is 48.5 Å². The minimum Gasteiger partial charge on any atom is -0.462 e. The number of hydrogen-bond donors (Lipinski definition) is 3. The van der Waals surface area contributed by atoms with Crippen LogP contribution in [0.3, 0.4) is 0 Å². The van der Waals surface area contributed by atoms with Gasteiger partial charge in [0.25, 0.3) is 0 Å². The number of ether oxygens (including phenoxy) is 4. The van der Waals surface area contributed by atoms with Gasteiger partial charge in [-0.15, -0.1) is 0 Å². The van der Waals surface area contributed by atoms with Crippen molar-refractivity contribution in [3.63, 3.8) is 0 Å². The highest BCUT2D eigenvalue weighted by Gasteiger charge is 2.30. The molecule has 0 amide bonds. The maximum absolute atomic E-state index is 13.0. The number of aliphatic hydroxyl groups is 1. The average molecular weight is 1330 g/mol. The summed E-state index contributed by atoms with van der Waals surface area (Å²) in [4.78, 5) is 72.5. The van der Waals surface area contributed by atoms with Gasteiger partial charge in [-0.1, -0.05) is 305 Å². The Morgan fingerprint density at radius 2 is 0.511 bits per heavy atom. The van der Waals surface area contributed by atoms with Crippen molar-refractivity contribution in [3.8, 4) is 0 Å². The molecule has 3 N–H and O–H groups in total. The third-order valence-corrected chi connectivity index (χ3v) is 18.3. The Hall–Kier alpha value is -1.94. The first-order chi connectivity index (χ1) is 43.2. The van der Waals surface area contributed by atoms with Crippen LogP contribution in [-0.4, -0.2) is 96.7 Å². The number of esters is 4. The molecule has 0 fully saturated rings. The monoisotopic (exact) mass is 1320 g/mol. The summed E-state index contributed by atoms with van der Waals surface area (Å²) in [6.45, 7) is 11.8. The van der Waals surface area contributed by atoms with E-state index in [1.54, 1.807) is 0 Å². The summed E-state index contributed by atoms with van der Waals surface area (Å²) < 4.78 is 68.2. The second kappa shape index (κ2) is 61.9. The molecule has 2 unspecified atom stereocenters. The first kappa shape index (κ1) is 88.1. The molecular formula is C71H138O17P2. The van der Waals surface area contributed by atoms with Crippen molar-refractivity contribution in [1.29, 1.82) is 0 Å². The smallest absolute Gasteiger partial charge is 0.462 e. The lowest BCUT2D eigenvalue weighted by Crippen LogP contribution is -2.30. The number of rotatable bonds is 69. The Bertz CT molecular complexity index is 1770. The van der Waals surface area contributed by atoms with Crippen molar-refractivity contribution in [1.82, 2.24) is 0 Å². The molecule has 534 valence electrons. The summed E-state index contributed by atoms with van der Waals surface area (Å²) >= 11 is 0. The number of aliphatic hydroxyl groups excluding tert-OH is 1. The Balaban J connectivity index is 5.21. The van der Waals surface area contributed by atoms with Crippen molar-refractivity contribution < 1.29 is 80.2 Å². The number of hydrogen-bond acceptors (Lipinski definition) is 15. The van der Waals surface area contributed by atoms with Crippen LogP contribution in [0.15, 0.2) is 0 Å². The molecule has 0 aromatic rings. The van der Waals surface area contributed by atoms with E-state index in [9.17, 15) is 43.2 Å². The van der Waals surface area contributed by atoms with Crippen molar-refractivity contribution in [2.75, 3.05) is 39.6 Å². The number of carbonyl (C=O) groups is 4. The quantitative estimate of drug-likeness (QED) is 0.0222. The van der Waals surface area contributed by atoms with Crippen molar-refractivity contribution in [2.24, 2.45) is 17.8 Å². The molecule has 0 aromatic carbocycles. The molecule has 0 aliphatic heterocycles. The first-order valence-corrected chi connectivity index (χ1v) is 39.8. The van der Waals surface area contributed by atoms with Gasteiger partial charge in [0, 0.05) is 25.7 Å². The number of carbonyl (C=O) groups excluding carboxylic acids is 4. The Morgan fingerprint density at radius 3 is 0.756 bits per heavy atom. The zero-order chi connectivity index (χ0) is 66.6. The van der Waals surface area contributed by atoms with Gasteiger partial charge in [0.2, 0.25) is 0 Å². The largest absolute Gasteiger partial charge is 0.472 e. The molecule has 0 rings (SSSR count). The molecular weight excluding hydrogens is 1190 g/mol. The Morgan fingerprint density at radius 1 is 0.300 bits per heavy atom. The van der Waals surface area contributed by atoms with E-state index in [4.69, 9.17) is 37.0 Å². The summed E-state index contributed by atoms with van der Waals surface area (Å²) in [6.07, 6.45) is 46.0. The van der Waals surface area contributed by atoms with Gasteiger partial charge >= 0.3 is 39.5 Å². The lowest BCUT2D eigenvalue weighted by Gasteiger charge is -2.21. The topological polar surface area (TPSA) is 237 Å². The third-order valence-electron chi connectivity index (χ3n) is 16.4. The minimum absolute atomic E-state index is 0.102. The zero-order valence-corrected chi connectivity index (χ0v) is 60.4. The molecule has 0 heterocycles. The molecule has 19 heteroatoms. The van der Waals surface area contributed by atoms with Gasteiger partial charge in [-0.3, -0.25) is 37.3 Å². The van der Waals surface area contributed by atoms with Crippen LogP contribution in [-0.2, 0) is 65.4 Å². The Labute approximate surface area is 549 Å². The molecule has 0 aliphatic carbocycles. The molecule has 17 nitrogen and oxygen atoms in total. The van der Waals surface area contributed by atoms with E-state index in [1.165, 1.54) is 167 Å². The van der Waals surface area contributed by atoms with E-state index >= 15 is 0 Å². The highest BCUT2D eigenvalue weighted by Crippen LogP contribution is 2.45. The fraction of sp³-hybridized carbons (Fsp3) is 0.944. The van der Waals surface area contributed by atoms with Crippen molar-refractivity contribution in [3.05, 3.63) is 0 Å². The summed E-state index contributed by atoms with van der Waals surface area (Å²) in [7, 11) is -9.90. The first-order valence-electron chi connectivity index (χ1n) is 36.8. The van der Waals surface area contributed by atoms with Gasteiger partial charge in [-0.2, -0.15) is 0 Å². The van der Waals surface area contributed by atoms with Crippen LogP contribution in [0, 0.1) is 17.8 Å². The van der Waals surface area contributed by atoms with Crippen LogP contribution in [0.25, 0.3) is 0 Å². The fourth-order valence-corrected chi connectivity index (χ4v) is 12.3. The highest BCUT2D eigenvalue weighted by molar-refractivity contribution is 7.47. The van der Waals surface area contributed by atoms with Crippen LogP contribution in [0.2, 0.25) is 0 Å². The van der Waals surface area contributed by atoms with Gasteiger partial charge in [0.15, 0.2) is 12.2 Å². The number of unbranched alkanes of at least 4 members (excludes halogenated alkanes) is 37. The van der Waals surface area contributed by atoms with E-state index in [1.807, 2.05) is 0 Å². The lowest BCUT2D eigenvalue weighted by atomic mass is 10.0. The molecule has 0 aromatic heterocycles. The average Bonchev–Trinajstić information content (AvgIpc) is 3.25. The van der Waals surface area contributed by atoms with Gasteiger partial charge in [0.1, 0.15) is 19.3 Å². The fourth-order valence-electron chi connectivity index (χ4n) is 10.7. The second-order valence-electron chi connectivity index (χ2n) is 27.1. The summed E-state index contributed by atoms with van der Waals surface area (Å²) in [5.41, 5.74) is 0. The van der Waals surface area contributed by atoms with Crippen LogP contribution < -0.4 is 0 Å². The molecule has 0 radical (unpaired) electrons. The van der Waals surface area contributed by atoms with E-state index < -0.39 is 97.5 Å². The van der Waals surface area contributed by atoms with E-state index in [0.29, 0.717) is 31.6 Å². The maximum Gasteiger partial charge on any atom is 0.472 e. The van der Waals surface area contributed by atoms with Crippen LogP contribution in [0.1, 0.15) is 357 Å². The van der Waals surface area contributed by atoms with E-state index in [0.717, 1.165) is 102 Å². The highest BCUT2D eigenvalue weighted by atomic mass is 31.2. The predicted octanol–water partition coefficient (Wildman–Crippen LogP) is 20.2. The normalized spacial score (nSPS) is 14.2. The molecule has 0 bridgehead atoms. The van der Waals surface area contributed by atoms with Crippen molar-refractivity contribution in [2.45, 2.75) is 375 Å². The minimum atomic E-state index is -4.95. The van der Waals surface area contributed by atoms with Crippen LogP contribution in [0.4, 0.5) is 0 Å². The lowest BCUT2D eigenvalue weighted by molar-refractivity contribution is -0.161. The molecule has 5 atom stereocenters. The van der Waals surface area contributed by atoms with E-state index in [-0.39, 0.29) is 25.7 Å². The van der Waals surface area contributed by atoms with Gasteiger partial charge in [-0.25, -0.2) is 9.13 Å². The van der Waals surface area contributed by atoms with Crippen molar-refractivity contribution >= 4 is 39.5 Å². The second-order valence-corrected chi connectivity index (χ2v) is 30.0. The molecule has 90 heavy (non-hydrogen) atoms. The molecule has 0 spiro atoms. The number of phosphoric acid groups is 2. The third kappa shape index (κ3) is 64.8. The molecule has 0 aliphatic rings. The summed E-state index contributed by atoms with van der Waals surface area (Å²) in [5, 5.41) is 10.6. The summed E-state index contributed by atoms with van der Waals surface area (Å²) in [6, 6.07) is 0. The van der Waals surface area contributed by atoms with Gasteiger partial charge in [0.05, 0.1) is 26.4 Å². The Kier molecular flexibility index (Phi) is 60.6. The molecule has 0 saturated carbocycles. The van der Waals surface area contributed by atoms with Crippen LogP contribution in [0.5, 0.6) is 0 Å². The predicted molar refractivity (Wildman–Crippen MR) is 363 cm³/mol. The standard InChI is InChI=1S/C71H138O17P2/c1-8-9-10-11-12-23-30-38-45-52-68(73)81-59-67(88-71(76)55-48-41-34-33-37-44-51-64(6)7)61-86-90(79,80)84-57-65(72)56-83-89(77,78)85-60-66(87-70(75)54-47-40-32-27-22-18-14-16-20-25-29-36-43-50-63(4)5)58-82-69(74)53-46-39-31-26-21-17-13-15-19-24-28-35-42-49-62(2)3/h62-67,72H,8-61H2,1-7H3,(H,77,78)(H,79,80)/t65-,66-,67-/m1/s1. The van der Waals surface area contributed by atoms with Gasteiger partial charge in [-0.05, 0) is 43.4 Å². The maximum atomic E-state index is 13.0. The zero-order valence-electron chi connectivity index (χ0n) is 58.6. The number of phosphoric ester groups is 2.